The number of amides is 1. The summed E-state index contributed by atoms with van der Waals surface area (Å²) in [6.45, 7) is 3.59. The highest BCUT2D eigenvalue weighted by Gasteiger charge is 2.18. The van der Waals surface area contributed by atoms with Gasteiger partial charge in [0.1, 0.15) is 5.69 Å². The summed E-state index contributed by atoms with van der Waals surface area (Å²) in [5.74, 6) is -0.779. The summed E-state index contributed by atoms with van der Waals surface area (Å²) in [5, 5.41) is 4.28. The Morgan fingerprint density at radius 3 is 2.58 bits per heavy atom. The van der Waals surface area contributed by atoms with Crippen LogP contribution in [0.3, 0.4) is 0 Å². The number of hydrogen-bond donors (Lipinski definition) is 1. The van der Waals surface area contributed by atoms with Gasteiger partial charge in [0.2, 0.25) is 0 Å². The Labute approximate surface area is 159 Å². The molecule has 0 aliphatic rings. The molecule has 0 aliphatic carbocycles. The summed E-state index contributed by atoms with van der Waals surface area (Å²) in [6.07, 6.45) is 1.32. The third-order valence-corrected chi connectivity index (χ3v) is 4.39. The van der Waals surface area contributed by atoms with Gasteiger partial charge in [-0.1, -0.05) is 34.1 Å². The van der Waals surface area contributed by atoms with Gasteiger partial charge in [0.05, 0.1) is 11.7 Å². The van der Waals surface area contributed by atoms with Crippen molar-refractivity contribution in [1.82, 2.24) is 4.98 Å². The molecule has 0 atom stereocenters. The zero-order valence-corrected chi connectivity index (χ0v) is 15.9. The van der Waals surface area contributed by atoms with Crippen LogP contribution in [-0.2, 0) is 4.74 Å². The van der Waals surface area contributed by atoms with Crippen molar-refractivity contribution in [2.45, 2.75) is 20.0 Å². The van der Waals surface area contributed by atoms with E-state index in [0.29, 0.717) is 22.3 Å². The van der Waals surface area contributed by atoms with Gasteiger partial charge in [-0.2, -0.15) is 0 Å². The molecule has 0 spiro atoms. The third kappa shape index (κ3) is 3.75. The number of ether oxygens (including phenoxy) is 1. The van der Waals surface area contributed by atoms with Crippen molar-refractivity contribution in [3.63, 3.8) is 0 Å². The number of nitrogens with one attached hydrogen (secondary N) is 1. The lowest BCUT2D eigenvalue weighted by Crippen LogP contribution is -2.15. The number of rotatable bonds is 4. The van der Waals surface area contributed by atoms with Crippen molar-refractivity contribution in [3.05, 3.63) is 70.5 Å². The van der Waals surface area contributed by atoms with Crippen LogP contribution < -0.4 is 5.32 Å². The van der Waals surface area contributed by atoms with E-state index in [4.69, 9.17) is 4.74 Å². The molecule has 2 aromatic carbocycles. The van der Waals surface area contributed by atoms with Gasteiger partial charge in [-0.25, -0.2) is 4.79 Å². The molecule has 3 aromatic rings. The molecule has 1 aromatic heterocycles. The Morgan fingerprint density at radius 2 is 1.88 bits per heavy atom. The van der Waals surface area contributed by atoms with E-state index >= 15 is 0 Å². The lowest BCUT2D eigenvalue weighted by atomic mass is 10.0. The minimum atomic E-state index is -0.433. The van der Waals surface area contributed by atoms with Crippen LogP contribution in [0.1, 0.15) is 34.7 Å². The van der Waals surface area contributed by atoms with Gasteiger partial charge in [-0.3, -0.25) is 9.78 Å². The first-order valence-electron chi connectivity index (χ1n) is 8.12. The van der Waals surface area contributed by atoms with Crippen LogP contribution in [-0.4, -0.2) is 23.0 Å². The van der Waals surface area contributed by atoms with E-state index in [-0.39, 0.29) is 12.0 Å². The largest absolute Gasteiger partial charge is 0.459 e. The van der Waals surface area contributed by atoms with Gasteiger partial charge in [0, 0.05) is 21.7 Å². The van der Waals surface area contributed by atoms with E-state index < -0.39 is 5.97 Å². The average molecular weight is 413 g/mol. The van der Waals surface area contributed by atoms with Crippen molar-refractivity contribution in [3.8, 4) is 0 Å². The normalized spacial score (nSPS) is 10.8. The summed E-state index contributed by atoms with van der Waals surface area (Å²) in [4.78, 5) is 29.1. The number of carbonyl (C=O) groups excluding carboxylic acids is 2. The van der Waals surface area contributed by atoms with Gasteiger partial charge in [0.25, 0.3) is 5.91 Å². The molecule has 26 heavy (non-hydrogen) atoms. The number of fused-ring (bicyclic) bond motifs is 1. The van der Waals surface area contributed by atoms with Gasteiger partial charge in [0.15, 0.2) is 0 Å². The van der Waals surface area contributed by atoms with E-state index in [1.54, 1.807) is 56.4 Å². The van der Waals surface area contributed by atoms with Gasteiger partial charge in [-0.15, -0.1) is 0 Å². The Kier molecular flexibility index (Phi) is 5.32. The van der Waals surface area contributed by atoms with E-state index in [9.17, 15) is 9.59 Å². The van der Waals surface area contributed by atoms with Crippen molar-refractivity contribution in [2.24, 2.45) is 0 Å². The molecule has 1 N–H and O–H groups in total. The molecule has 5 nitrogen and oxygen atoms in total. The number of esters is 1. The van der Waals surface area contributed by atoms with Crippen LogP contribution in [0.4, 0.5) is 5.69 Å². The Hall–Kier alpha value is -2.73. The summed E-state index contributed by atoms with van der Waals surface area (Å²) in [6, 6.07) is 14.0. The molecular weight excluding hydrogens is 396 g/mol. The van der Waals surface area contributed by atoms with E-state index in [1.165, 1.54) is 0 Å². The van der Waals surface area contributed by atoms with Crippen molar-refractivity contribution in [1.29, 1.82) is 0 Å². The number of nitrogens with zero attached hydrogens (tertiary/aromatic N) is 1. The minimum Gasteiger partial charge on any atom is -0.459 e. The van der Waals surface area contributed by atoms with Crippen LogP contribution in [0.2, 0.25) is 0 Å². The molecule has 6 heteroatoms. The maximum atomic E-state index is 12.5. The van der Waals surface area contributed by atoms with Gasteiger partial charge in [-0.05, 0) is 49.6 Å². The molecular formula is C20H17BrN2O3. The zero-order chi connectivity index (χ0) is 18.7. The maximum absolute atomic E-state index is 12.5. The fraction of sp³-hybridized carbons (Fsp3) is 0.150. The first kappa shape index (κ1) is 18.1. The lowest BCUT2D eigenvalue weighted by molar-refractivity contribution is 0.0380. The molecule has 0 aliphatic heterocycles. The van der Waals surface area contributed by atoms with Crippen molar-refractivity contribution in [2.75, 3.05) is 5.32 Å². The maximum Gasteiger partial charge on any atom is 0.339 e. The second-order valence-electron chi connectivity index (χ2n) is 5.95. The van der Waals surface area contributed by atoms with Gasteiger partial charge >= 0.3 is 5.97 Å². The van der Waals surface area contributed by atoms with E-state index in [1.807, 2.05) is 12.1 Å². The quantitative estimate of drug-likeness (QED) is 0.623. The fourth-order valence-corrected chi connectivity index (χ4v) is 3.07. The molecule has 0 saturated heterocycles. The predicted molar refractivity (Wildman–Crippen MR) is 104 cm³/mol. The van der Waals surface area contributed by atoms with Crippen molar-refractivity contribution < 1.29 is 14.3 Å². The highest BCUT2D eigenvalue weighted by molar-refractivity contribution is 9.10. The first-order valence-corrected chi connectivity index (χ1v) is 8.91. The summed E-state index contributed by atoms with van der Waals surface area (Å²) >= 11 is 3.50. The molecule has 0 saturated carbocycles. The molecule has 1 heterocycles. The SMILES string of the molecule is CC(C)OC(=O)c1cccc2c(Br)ccc(NC(=O)c3ccccn3)c12. The number of benzene rings is 2. The molecule has 0 fully saturated rings. The average Bonchev–Trinajstić information content (AvgIpc) is 2.63. The summed E-state index contributed by atoms with van der Waals surface area (Å²) in [7, 11) is 0. The smallest absolute Gasteiger partial charge is 0.339 e. The van der Waals surface area contributed by atoms with E-state index in [2.05, 4.69) is 26.2 Å². The van der Waals surface area contributed by atoms with Crippen LogP contribution >= 0.6 is 15.9 Å². The lowest BCUT2D eigenvalue weighted by Gasteiger charge is -2.14. The Balaban J connectivity index is 2.09. The second-order valence-corrected chi connectivity index (χ2v) is 6.80. The molecule has 0 unspecified atom stereocenters. The molecule has 0 radical (unpaired) electrons. The number of aromatic nitrogens is 1. The number of anilines is 1. The predicted octanol–water partition coefficient (Wildman–Crippen LogP) is 4.81. The summed E-state index contributed by atoms with van der Waals surface area (Å²) in [5.41, 5.74) is 1.22. The number of hydrogen-bond acceptors (Lipinski definition) is 4. The molecule has 3 rings (SSSR count). The Morgan fingerprint density at radius 1 is 1.08 bits per heavy atom. The minimum absolute atomic E-state index is 0.239. The van der Waals surface area contributed by atoms with Gasteiger partial charge < -0.3 is 10.1 Å². The number of pyridine rings is 1. The molecule has 132 valence electrons. The number of halogens is 1. The van der Waals surface area contributed by atoms with Crippen LogP contribution in [0.25, 0.3) is 10.8 Å². The first-order chi connectivity index (χ1) is 12.5. The number of carbonyl (C=O) groups is 2. The Bertz CT molecular complexity index is 971. The monoisotopic (exact) mass is 412 g/mol. The van der Waals surface area contributed by atoms with E-state index in [0.717, 1.165) is 9.86 Å². The van der Waals surface area contributed by atoms with Crippen LogP contribution in [0.15, 0.2) is 59.2 Å². The van der Waals surface area contributed by atoms with Crippen LogP contribution in [0, 0.1) is 0 Å². The van der Waals surface area contributed by atoms with Crippen LogP contribution in [0.5, 0.6) is 0 Å². The van der Waals surface area contributed by atoms with Crippen molar-refractivity contribution >= 4 is 44.3 Å². The molecule has 0 bridgehead atoms. The molecule has 1 amide bonds. The highest BCUT2D eigenvalue weighted by Crippen LogP contribution is 2.33. The summed E-state index contributed by atoms with van der Waals surface area (Å²) < 4.78 is 6.17. The highest BCUT2D eigenvalue weighted by atomic mass is 79.9. The fourth-order valence-electron chi connectivity index (χ4n) is 2.61. The third-order valence-electron chi connectivity index (χ3n) is 3.70. The topological polar surface area (TPSA) is 68.3 Å². The second kappa shape index (κ2) is 7.66. The zero-order valence-electron chi connectivity index (χ0n) is 14.3. The standard InChI is InChI=1S/C20H17BrN2O3/c1-12(2)26-20(25)14-7-5-6-13-15(21)9-10-16(18(13)14)23-19(24)17-8-3-4-11-22-17/h3-12H,1-2H3,(H,23,24).